The van der Waals surface area contributed by atoms with E-state index in [-0.39, 0.29) is 40.3 Å². The number of halogens is 4. The largest absolute Gasteiger partial charge is 0.457 e. The Morgan fingerprint density at radius 2 is 1.85 bits per heavy atom. The second-order valence-corrected chi connectivity index (χ2v) is 7.95. The molecule has 0 unspecified atom stereocenters. The number of aryl methyl sites for hydroxylation is 2. The summed E-state index contributed by atoms with van der Waals surface area (Å²) in [6.45, 7) is 3.23. The van der Waals surface area contributed by atoms with Crippen molar-refractivity contribution in [1.29, 1.82) is 0 Å². The number of hydrogen-bond donors (Lipinski definition) is 1. The molecule has 3 rings (SSSR count). The number of rotatable bonds is 7. The van der Waals surface area contributed by atoms with Crippen molar-refractivity contribution in [3.05, 3.63) is 74.0 Å². The molecule has 3 aromatic rings. The number of anilines is 1. The molecule has 0 atom stereocenters. The van der Waals surface area contributed by atoms with Crippen LogP contribution in [-0.2, 0) is 17.5 Å². The van der Waals surface area contributed by atoms with E-state index >= 15 is 0 Å². The van der Waals surface area contributed by atoms with Gasteiger partial charge in [-0.05, 0) is 41.9 Å². The van der Waals surface area contributed by atoms with Crippen LogP contribution in [0.25, 0.3) is 0 Å². The second-order valence-electron chi connectivity index (χ2n) is 7.15. The van der Waals surface area contributed by atoms with Crippen LogP contribution in [0.2, 0.25) is 0 Å². The fourth-order valence-electron chi connectivity index (χ4n) is 2.92. The Balaban J connectivity index is 1.73. The van der Waals surface area contributed by atoms with Gasteiger partial charge in [-0.1, -0.05) is 17.7 Å². The molecule has 12 heteroatoms. The topological polar surface area (TPSA) is 99.3 Å². The summed E-state index contributed by atoms with van der Waals surface area (Å²) in [5.74, 6) is 0.0416. The number of amides is 1. The van der Waals surface area contributed by atoms with Crippen LogP contribution in [0.5, 0.6) is 11.5 Å². The van der Waals surface area contributed by atoms with Gasteiger partial charge in [0.15, 0.2) is 5.69 Å². The van der Waals surface area contributed by atoms with Gasteiger partial charge in [0, 0.05) is 18.6 Å². The van der Waals surface area contributed by atoms with Gasteiger partial charge in [0.25, 0.3) is 5.69 Å². The number of non-ortho nitro benzene ring substituents is 1. The first-order valence-corrected chi connectivity index (χ1v) is 10.4. The zero-order chi connectivity index (χ0) is 24.3. The molecule has 0 aliphatic rings. The SMILES string of the molecule is Cc1ccc(Oc2cc(NC(=O)CCn3nc(C(F)(F)F)c(Br)c3C)cc([N+](=O)[O-])c2)cc1. The van der Waals surface area contributed by atoms with Crippen LogP contribution in [0.1, 0.15) is 23.4 Å². The highest BCUT2D eigenvalue weighted by Gasteiger charge is 2.37. The van der Waals surface area contributed by atoms with Crippen LogP contribution in [0.3, 0.4) is 0 Å². The number of ether oxygens (including phenoxy) is 1. The lowest BCUT2D eigenvalue weighted by molar-refractivity contribution is -0.384. The third-order valence-electron chi connectivity index (χ3n) is 4.60. The van der Waals surface area contributed by atoms with Crippen molar-refractivity contribution < 1.29 is 27.6 Å². The average molecular weight is 527 g/mol. The molecule has 174 valence electrons. The summed E-state index contributed by atoms with van der Waals surface area (Å²) in [6, 6.07) is 10.8. The summed E-state index contributed by atoms with van der Waals surface area (Å²) in [7, 11) is 0. The summed E-state index contributed by atoms with van der Waals surface area (Å²) in [4.78, 5) is 23.0. The molecule has 1 amide bonds. The number of nitro groups is 1. The van der Waals surface area contributed by atoms with E-state index in [1.807, 2.05) is 19.1 Å². The fourth-order valence-corrected chi connectivity index (χ4v) is 3.43. The number of benzene rings is 2. The monoisotopic (exact) mass is 526 g/mol. The van der Waals surface area contributed by atoms with E-state index in [0.717, 1.165) is 16.3 Å². The van der Waals surface area contributed by atoms with E-state index in [0.29, 0.717) is 5.75 Å². The number of nitrogens with zero attached hydrogens (tertiary/aromatic N) is 3. The third-order valence-corrected chi connectivity index (χ3v) is 5.54. The Hall–Kier alpha value is -3.41. The lowest BCUT2D eigenvalue weighted by Gasteiger charge is -2.10. The van der Waals surface area contributed by atoms with Gasteiger partial charge in [0.1, 0.15) is 11.5 Å². The molecule has 0 fully saturated rings. The Labute approximate surface area is 194 Å². The number of carbonyl (C=O) groups excluding carboxylic acids is 1. The van der Waals surface area contributed by atoms with Gasteiger partial charge in [-0.2, -0.15) is 18.3 Å². The van der Waals surface area contributed by atoms with Gasteiger partial charge in [-0.15, -0.1) is 0 Å². The molecule has 1 N–H and O–H groups in total. The molecule has 1 aromatic heterocycles. The first-order chi connectivity index (χ1) is 15.4. The van der Waals surface area contributed by atoms with Crippen molar-refractivity contribution in [2.45, 2.75) is 33.0 Å². The number of nitro benzene ring substituents is 1. The zero-order valence-corrected chi connectivity index (χ0v) is 19.0. The van der Waals surface area contributed by atoms with Gasteiger partial charge < -0.3 is 10.1 Å². The normalized spacial score (nSPS) is 11.3. The van der Waals surface area contributed by atoms with Gasteiger partial charge in [-0.25, -0.2) is 0 Å². The lowest BCUT2D eigenvalue weighted by Crippen LogP contribution is -2.16. The molecule has 0 bridgehead atoms. The molecular weight excluding hydrogens is 509 g/mol. The molecule has 0 saturated carbocycles. The molecule has 8 nitrogen and oxygen atoms in total. The van der Waals surface area contributed by atoms with Crippen molar-refractivity contribution in [3.8, 4) is 11.5 Å². The van der Waals surface area contributed by atoms with Crippen molar-refractivity contribution in [2.75, 3.05) is 5.32 Å². The van der Waals surface area contributed by atoms with Crippen molar-refractivity contribution in [2.24, 2.45) is 0 Å². The summed E-state index contributed by atoms with van der Waals surface area (Å²) in [5.41, 5.74) is -0.0189. The van der Waals surface area contributed by atoms with E-state index in [4.69, 9.17) is 4.74 Å². The van der Waals surface area contributed by atoms with Crippen LogP contribution in [0.4, 0.5) is 24.5 Å². The number of aromatic nitrogens is 2. The zero-order valence-electron chi connectivity index (χ0n) is 17.4. The van der Waals surface area contributed by atoms with E-state index in [1.54, 1.807) is 12.1 Å². The Morgan fingerprint density at radius 1 is 1.18 bits per heavy atom. The number of alkyl halides is 3. The van der Waals surface area contributed by atoms with E-state index < -0.39 is 22.7 Å². The highest BCUT2D eigenvalue weighted by atomic mass is 79.9. The summed E-state index contributed by atoms with van der Waals surface area (Å²) >= 11 is 2.88. The lowest BCUT2D eigenvalue weighted by atomic mass is 10.2. The quantitative estimate of drug-likeness (QED) is 0.300. The molecule has 2 aromatic carbocycles. The van der Waals surface area contributed by atoms with Crippen molar-refractivity contribution in [1.82, 2.24) is 9.78 Å². The van der Waals surface area contributed by atoms with Gasteiger partial charge in [-0.3, -0.25) is 19.6 Å². The maximum atomic E-state index is 13.0. The van der Waals surface area contributed by atoms with Gasteiger partial charge in [0.05, 0.1) is 33.4 Å². The predicted octanol–water partition coefficient (Wildman–Crippen LogP) is 6.01. The maximum absolute atomic E-state index is 13.0. The standard InChI is InChI=1S/C21H18BrF3N4O4/c1-12-3-5-16(6-4-12)33-17-10-14(9-15(11-17)29(31)32)26-18(30)7-8-28-13(2)19(22)20(27-28)21(23,24)25/h3-6,9-11H,7-8H2,1-2H3,(H,26,30). The Morgan fingerprint density at radius 3 is 2.42 bits per heavy atom. The van der Waals surface area contributed by atoms with E-state index in [2.05, 4.69) is 26.3 Å². The fraction of sp³-hybridized carbons (Fsp3) is 0.238. The van der Waals surface area contributed by atoms with Crippen molar-refractivity contribution in [3.63, 3.8) is 0 Å². The Bertz CT molecular complexity index is 1190. The van der Waals surface area contributed by atoms with Crippen LogP contribution >= 0.6 is 15.9 Å². The van der Waals surface area contributed by atoms with Gasteiger partial charge >= 0.3 is 6.18 Å². The molecule has 0 aliphatic heterocycles. The predicted molar refractivity (Wildman–Crippen MR) is 117 cm³/mol. The van der Waals surface area contributed by atoms with E-state index in [9.17, 15) is 28.1 Å². The number of hydrogen-bond acceptors (Lipinski definition) is 5. The molecule has 0 saturated heterocycles. The molecular formula is C21H18BrF3N4O4. The van der Waals surface area contributed by atoms with Crippen LogP contribution in [-0.4, -0.2) is 20.6 Å². The summed E-state index contributed by atoms with van der Waals surface area (Å²) in [6.07, 6.45) is -4.84. The highest BCUT2D eigenvalue weighted by Crippen LogP contribution is 2.35. The third kappa shape index (κ3) is 6.09. The maximum Gasteiger partial charge on any atom is 0.436 e. The van der Waals surface area contributed by atoms with Crippen LogP contribution < -0.4 is 10.1 Å². The minimum atomic E-state index is -4.63. The average Bonchev–Trinajstić information content (AvgIpc) is 3.02. The summed E-state index contributed by atoms with van der Waals surface area (Å²) in [5, 5.41) is 17.3. The first kappa shape index (κ1) is 24.2. The number of carbonyl (C=O) groups is 1. The minimum Gasteiger partial charge on any atom is -0.457 e. The van der Waals surface area contributed by atoms with Crippen molar-refractivity contribution >= 4 is 33.2 Å². The Kier molecular flexibility index (Phi) is 7.06. The number of nitrogens with one attached hydrogen (secondary N) is 1. The second kappa shape index (κ2) is 9.61. The summed E-state index contributed by atoms with van der Waals surface area (Å²) < 4.78 is 45.5. The molecule has 1 heterocycles. The minimum absolute atomic E-state index is 0.116. The van der Waals surface area contributed by atoms with Gasteiger partial charge in [0.2, 0.25) is 5.91 Å². The first-order valence-electron chi connectivity index (χ1n) is 9.58. The molecule has 0 aliphatic carbocycles. The highest BCUT2D eigenvalue weighted by molar-refractivity contribution is 9.10. The molecule has 33 heavy (non-hydrogen) atoms. The molecule has 0 spiro atoms. The van der Waals surface area contributed by atoms with E-state index in [1.165, 1.54) is 19.1 Å². The van der Waals surface area contributed by atoms with Crippen LogP contribution in [0.15, 0.2) is 46.9 Å². The van der Waals surface area contributed by atoms with Crippen LogP contribution in [0, 0.1) is 24.0 Å². The molecule has 0 radical (unpaired) electrons. The smallest absolute Gasteiger partial charge is 0.436 e.